The summed E-state index contributed by atoms with van der Waals surface area (Å²) < 4.78 is 5.74. The first-order valence-corrected chi connectivity index (χ1v) is 7.92. The van der Waals surface area contributed by atoms with Gasteiger partial charge in [-0.3, -0.25) is 5.10 Å². The number of para-hydroxylation sites is 1. The van der Waals surface area contributed by atoms with Crippen LogP contribution in [-0.4, -0.2) is 21.2 Å². The monoisotopic (exact) mass is 337 g/mol. The molecule has 1 atom stereocenters. The van der Waals surface area contributed by atoms with Crippen molar-refractivity contribution in [2.75, 3.05) is 0 Å². The Balaban J connectivity index is 1.47. The number of aromatic amines is 1. The molecule has 0 unspecified atom stereocenters. The van der Waals surface area contributed by atoms with Gasteiger partial charge >= 0.3 is 6.03 Å². The molecule has 7 heteroatoms. The van der Waals surface area contributed by atoms with Crippen molar-refractivity contribution in [1.29, 1.82) is 0 Å². The minimum absolute atomic E-state index is 0.246. The minimum atomic E-state index is -0.270. The van der Waals surface area contributed by atoms with E-state index in [2.05, 4.69) is 25.8 Å². The molecule has 0 saturated carbocycles. The normalized spacial score (nSPS) is 11.6. The van der Waals surface area contributed by atoms with Gasteiger partial charge in [-0.15, -0.1) is 0 Å². The smallest absolute Gasteiger partial charge is 0.315 e. The maximum absolute atomic E-state index is 11.9. The van der Waals surface area contributed by atoms with E-state index >= 15 is 0 Å². The molecular weight excluding hydrogens is 318 g/mol. The summed E-state index contributed by atoms with van der Waals surface area (Å²) in [5.74, 6) is 2.14. The minimum Gasteiger partial charge on any atom is -0.457 e. The predicted octanol–water partition coefficient (Wildman–Crippen LogP) is 3.16. The Morgan fingerprint density at radius 3 is 2.52 bits per heavy atom. The van der Waals surface area contributed by atoms with Crippen LogP contribution in [0.25, 0.3) is 0 Å². The quantitative estimate of drug-likeness (QED) is 0.644. The van der Waals surface area contributed by atoms with Crippen molar-refractivity contribution >= 4 is 6.03 Å². The first kappa shape index (κ1) is 16.5. The van der Waals surface area contributed by atoms with E-state index in [-0.39, 0.29) is 12.1 Å². The molecule has 0 aliphatic carbocycles. The van der Waals surface area contributed by atoms with E-state index in [1.807, 2.05) is 61.5 Å². The number of carbonyl (C=O) groups excluding carboxylic acids is 1. The fraction of sp³-hybridized carbons (Fsp3) is 0.167. The van der Waals surface area contributed by atoms with Crippen LogP contribution in [0.3, 0.4) is 0 Å². The highest BCUT2D eigenvalue weighted by Gasteiger charge is 2.11. The van der Waals surface area contributed by atoms with Gasteiger partial charge < -0.3 is 15.4 Å². The molecule has 0 saturated heterocycles. The zero-order chi connectivity index (χ0) is 17.5. The number of rotatable bonds is 6. The number of urea groups is 1. The molecule has 7 nitrogen and oxygen atoms in total. The molecule has 0 bridgehead atoms. The van der Waals surface area contributed by atoms with E-state index in [0.717, 1.165) is 17.1 Å². The molecule has 3 aromatic rings. The molecule has 1 heterocycles. The average Bonchev–Trinajstić information content (AvgIpc) is 3.17. The van der Waals surface area contributed by atoms with Crippen LogP contribution in [0, 0.1) is 0 Å². The zero-order valence-corrected chi connectivity index (χ0v) is 13.8. The Bertz CT molecular complexity index is 788. The van der Waals surface area contributed by atoms with Crippen molar-refractivity contribution in [2.24, 2.45) is 0 Å². The number of benzene rings is 2. The fourth-order valence-corrected chi connectivity index (χ4v) is 2.22. The molecule has 0 aliphatic rings. The highest BCUT2D eigenvalue weighted by Crippen LogP contribution is 2.21. The largest absolute Gasteiger partial charge is 0.457 e. The predicted molar refractivity (Wildman–Crippen MR) is 93.1 cm³/mol. The van der Waals surface area contributed by atoms with Crippen LogP contribution in [0.15, 0.2) is 60.9 Å². The molecule has 0 fully saturated rings. The van der Waals surface area contributed by atoms with Crippen molar-refractivity contribution < 1.29 is 9.53 Å². The third-order valence-corrected chi connectivity index (χ3v) is 3.55. The first-order chi connectivity index (χ1) is 12.2. The Labute approximate surface area is 145 Å². The molecule has 0 aliphatic heterocycles. The van der Waals surface area contributed by atoms with Crippen molar-refractivity contribution in [3.63, 3.8) is 0 Å². The highest BCUT2D eigenvalue weighted by atomic mass is 16.5. The van der Waals surface area contributed by atoms with Crippen LogP contribution in [0.5, 0.6) is 11.5 Å². The first-order valence-electron chi connectivity index (χ1n) is 7.92. The maximum atomic E-state index is 11.9. The van der Waals surface area contributed by atoms with E-state index < -0.39 is 0 Å². The number of aromatic nitrogens is 3. The van der Waals surface area contributed by atoms with Crippen LogP contribution in [0.1, 0.15) is 24.4 Å². The van der Waals surface area contributed by atoms with Gasteiger partial charge in [0, 0.05) is 6.54 Å². The molecule has 3 N–H and O–H groups in total. The SMILES string of the molecule is C[C@@H](NC(=O)NCc1ccc(Oc2ccccc2)cc1)c1ncn[nH]1. The van der Waals surface area contributed by atoms with Crippen LogP contribution in [0.2, 0.25) is 0 Å². The molecule has 25 heavy (non-hydrogen) atoms. The van der Waals surface area contributed by atoms with E-state index in [4.69, 9.17) is 4.74 Å². The van der Waals surface area contributed by atoms with Gasteiger partial charge in [0.2, 0.25) is 0 Å². The number of hydrogen-bond donors (Lipinski definition) is 3. The lowest BCUT2D eigenvalue weighted by Crippen LogP contribution is -2.37. The molecule has 1 aromatic heterocycles. The fourth-order valence-electron chi connectivity index (χ4n) is 2.22. The van der Waals surface area contributed by atoms with Crippen LogP contribution < -0.4 is 15.4 Å². The van der Waals surface area contributed by atoms with Crippen molar-refractivity contribution in [3.05, 3.63) is 72.3 Å². The number of nitrogens with one attached hydrogen (secondary N) is 3. The summed E-state index contributed by atoms with van der Waals surface area (Å²) in [5, 5.41) is 12.1. The molecule has 3 rings (SSSR count). The average molecular weight is 337 g/mol. The summed E-state index contributed by atoms with van der Waals surface area (Å²) in [6.07, 6.45) is 1.41. The molecule has 2 aromatic carbocycles. The number of amides is 2. The van der Waals surface area contributed by atoms with Gasteiger partial charge in [0.1, 0.15) is 23.7 Å². The lowest BCUT2D eigenvalue weighted by Gasteiger charge is -2.12. The molecule has 128 valence electrons. The van der Waals surface area contributed by atoms with Gasteiger partial charge in [-0.25, -0.2) is 9.78 Å². The van der Waals surface area contributed by atoms with Crippen LogP contribution in [0.4, 0.5) is 4.79 Å². The van der Waals surface area contributed by atoms with Crippen molar-refractivity contribution in [3.8, 4) is 11.5 Å². The summed E-state index contributed by atoms with van der Waals surface area (Å²) in [6.45, 7) is 2.25. The number of nitrogens with zero attached hydrogens (tertiary/aromatic N) is 2. The van der Waals surface area contributed by atoms with Crippen molar-refractivity contribution in [1.82, 2.24) is 25.8 Å². The molecule has 2 amide bonds. The van der Waals surface area contributed by atoms with E-state index in [0.29, 0.717) is 12.4 Å². The number of ether oxygens (including phenoxy) is 1. The lowest BCUT2D eigenvalue weighted by atomic mass is 10.2. The second-order valence-corrected chi connectivity index (χ2v) is 5.48. The summed E-state index contributed by atoms with van der Waals surface area (Å²) in [6, 6.07) is 16.6. The van der Waals surface area contributed by atoms with E-state index in [9.17, 15) is 4.79 Å². The molecule has 0 radical (unpaired) electrons. The van der Waals surface area contributed by atoms with Crippen molar-refractivity contribution in [2.45, 2.75) is 19.5 Å². The summed E-state index contributed by atoms with van der Waals surface area (Å²) >= 11 is 0. The molecular formula is C18H19N5O2. The van der Waals surface area contributed by atoms with Gasteiger partial charge in [0.25, 0.3) is 0 Å². The van der Waals surface area contributed by atoms with Gasteiger partial charge in [-0.1, -0.05) is 30.3 Å². The third kappa shape index (κ3) is 4.81. The zero-order valence-electron chi connectivity index (χ0n) is 13.8. The van der Waals surface area contributed by atoms with Gasteiger partial charge in [0.15, 0.2) is 0 Å². The number of H-pyrrole nitrogens is 1. The number of hydrogen-bond acceptors (Lipinski definition) is 4. The summed E-state index contributed by atoms with van der Waals surface area (Å²) in [5.41, 5.74) is 0.975. The van der Waals surface area contributed by atoms with Crippen LogP contribution in [-0.2, 0) is 6.54 Å². The summed E-state index contributed by atoms with van der Waals surface area (Å²) in [4.78, 5) is 15.9. The van der Waals surface area contributed by atoms with Gasteiger partial charge in [-0.05, 0) is 36.8 Å². The molecule has 0 spiro atoms. The Hall–Kier alpha value is -3.35. The highest BCUT2D eigenvalue weighted by molar-refractivity contribution is 5.74. The maximum Gasteiger partial charge on any atom is 0.315 e. The summed E-state index contributed by atoms with van der Waals surface area (Å²) in [7, 11) is 0. The van der Waals surface area contributed by atoms with Gasteiger partial charge in [-0.2, -0.15) is 5.10 Å². The second-order valence-electron chi connectivity index (χ2n) is 5.48. The van der Waals surface area contributed by atoms with Crippen LogP contribution >= 0.6 is 0 Å². The third-order valence-electron chi connectivity index (χ3n) is 3.55. The topological polar surface area (TPSA) is 91.9 Å². The van der Waals surface area contributed by atoms with E-state index in [1.54, 1.807) is 0 Å². The Morgan fingerprint density at radius 2 is 1.84 bits per heavy atom. The second kappa shape index (κ2) is 7.96. The van der Waals surface area contributed by atoms with E-state index in [1.165, 1.54) is 6.33 Å². The lowest BCUT2D eigenvalue weighted by molar-refractivity contribution is 0.237. The Kier molecular flexibility index (Phi) is 5.26. The Morgan fingerprint density at radius 1 is 1.12 bits per heavy atom. The standard InChI is InChI=1S/C18H19N5O2/c1-13(17-20-12-21-23-17)22-18(24)19-11-14-7-9-16(10-8-14)25-15-5-3-2-4-6-15/h2-10,12-13H,11H2,1H3,(H2,19,22,24)(H,20,21,23)/t13-/m1/s1. The number of carbonyl (C=O) groups is 1. The van der Waals surface area contributed by atoms with Gasteiger partial charge in [0.05, 0.1) is 6.04 Å².